The highest BCUT2D eigenvalue weighted by molar-refractivity contribution is 7.89. The number of carbonyl (C=O) groups is 1. The maximum atomic E-state index is 12.5. The molecule has 0 fully saturated rings. The van der Waals surface area contributed by atoms with E-state index in [1.165, 1.54) is 25.3 Å². The maximum Gasteiger partial charge on any atom is 0.259 e. The second-order valence-electron chi connectivity index (χ2n) is 5.22. The normalized spacial score (nSPS) is 13.2. The van der Waals surface area contributed by atoms with E-state index in [1.54, 1.807) is 18.2 Å². The van der Waals surface area contributed by atoms with Gasteiger partial charge in [0, 0.05) is 11.8 Å². The van der Waals surface area contributed by atoms with E-state index in [4.69, 9.17) is 19.3 Å². The molecule has 2 aromatic rings. The van der Waals surface area contributed by atoms with E-state index < -0.39 is 15.9 Å². The number of carbonyl (C=O) groups excluding carboxylic acids is 1. The Morgan fingerprint density at radius 1 is 1.12 bits per heavy atom. The lowest BCUT2D eigenvalue weighted by Gasteiger charge is -2.19. The summed E-state index contributed by atoms with van der Waals surface area (Å²) in [7, 11) is -2.56. The standard InChI is InChI=1S/C16H16N2O6S/c1-22-13-5-3-11(25(17,20)21)9-12(13)16(19)18-10-2-4-14-15(8-10)24-7-6-23-14/h2-5,8-9H,6-7H2,1H3,(H,18,19)(H2,17,20,21). The van der Waals surface area contributed by atoms with Gasteiger partial charge in [-0.2, -0.15) is 0 Å². The van der Waals surface area contributed by atoms with Gasteiger partial charge in [0.25, 0.3) is 5.91 Å². The first-order chi connectivity index (χ1) is 11.9. The summed E-state index contributed by atoms with van der Waals surface area (Å²) >= 11 is 0. The Morgan fingerprint density at radius 3 is 2.52 bits per heavy atom. The number of hydrogen-bond donors (Lipinski definition) is 2. The van der Waals surface area contributed by atoms with Gasteiger partial charge in [-0.25, -0.2) is 13.6 Å². The lowest BCUT2D eigenvalue weighted by atomic mass is 10.1. The van der Waals surface area contributed by atoms with Crippen LogP contribution in [0.3, 0.4) is 0 Å². The van der Waals surface area contributed by atoms with Crippen molar-refractivity contribution in [3.8, 4) is 17.2 Å². The summed E-state index contributed by atoms with van der Waals surface area (Å²) in [6.07, 6.45) is 0. The molecule has 8 nitrogen and oxygen atoms in total. The molecule has 0 unspecified atom stereocenters. The van der Waals surface area contributed by atoms with Gasteiger partial charge in [-0.05, 0) is 30.3 Å². The number of nitrogens with one attached hydrogen (secondary N) is 1. The van der Waals surface area contributed by atoms with Crippen molar-refractivity contribution in [3.05, 3.63) is 42.0 Å². The molecular weight excluding hydrogens is 348 g/mol. The van der Waals surface area contributed by atoms with Crippen LogP contribution in [-0.4, -0.2) is 34.6 Å². The number of hydrogen-bond acceptors (Lipinski definition) is 6. The third-order valence-corrected chi connectivity index (χ3v) is 4.46. The molecule has 0 saturated heterocycles. The maximum absolute atomic E-state index is 12.5. The van der Waals surface area contributed by atoms with E-state index in [2.05, 4.69) is 5.32 Å². The van der Waals surface area contributed by atoms with Crippen LogP contribution in [0.2, 0.25) is 0 Å². The van der Waals surface area contributed by atoms with Crippen molar-refractivity contribution < 1.29 is 27.4 Å². The molecule has 0 aliphatic carbocycles. The molecule has 25 heavy (non-hydrogen) atoms. The van der Waals surface area contributed by atoms with Crippen molar-refractivity contribution >= 4 is 21.6 Å². The zero-order chi connectivity index (χ0) is 18.0. The quantitative estimate of drug-likeness (QED) is 0.846. The van der Waals surface area contributed by atoms with E-state index in [0.29, 0.717) is 30.4 Å². The molecule has 0 aromatic heterocycles. The molecule has 2 aromatic carbocycles. The topological polar surface area (TPSA) is 117 Å². The Hall–Kier alpha value is -2.78. The number of rotatable bonds is 4. The molecular formula is C16H16N2O6S. The highest BCUT2D eigenvalue weighted by Crippen LogP contribution is 2.33. The largest absolute Gasteiger partial charge is 0.496 e. The number of methoxy groups -OCH3 is 1. The fourth-order valence-electron chi connectivity index (χ4n) is 2.36. The molecule has 1 aliphatic heterocycles. The lowest BCUT2D eigenvalue weighted by Crippen LogP contribution is -2.18. The first-order valence-electron chi connectivity index (χ1n) is 7.30. The Balaban J connectivity index is 1.90. The number of benzene rings is 2. The Morgan fingerprint density at radius 2 is 1.84 bits per heavy atom. The summed E-state index contributed by atoms with van der Waals surface area (Å²) in [5.41, 5.74) is 0.515. The molecule has 0 spiro atoms. The van der Waals surface area contributed by atoms with Gasteiger partial charge in [0.2, 0.25) is 10.0 Å². The van der Waals surface area contributed by atoms with E-state index in [-0.39, 0.29) is 16.2 Å². The van der Waals surface area contributed by atoms with Gasteiger partial charge in [-0.15, -0.1) is 0 Å². The molecule has 1 amide bonds. The first kappa shape index (κ1) is 17.1. The van der Waals surface area contributed by atoms with Crippen LogP contribution in [0.25, 0.3) is 0 Å². The molecule has 3 rings (SSSR count). The predicted octanol–water partition coefficient (Wildman–Crippen LogP) is 1.37. The first-order valence-corrected chi connectivity index (χ1v) is 8.85. The van der Waals surface area contributed by atoms with Gasteiger partial charge in [-0.1, -0.05) is 0 Å². The summed E-state index contributed by atoms with van der Waals surface area (Å²) in [5.74, 6) is 0.800. The predicted molar refractivity (Wildman–Crippen MR) is 89.8 cm³/mol. The van der Waals surface area contributed by atoms with Crippen molar-refractivity contribution in [3.63, 3.8) is 0 Å². The lowest BCUT2D eigenvalue weighted by molar-refractivity contribution is 0.102. The van der Waals surface area contributed by atoms with Gasteiger partial charge in [-0.3, -0.25) is 4.79 Å². The Bertz CT molecular complexity index is 926. The van der Waals surface area contributed by atoms with Crippen molar-refractivity contribution in [2.75, 3.05) is 25.6 Å². The SMILES string of the molecule is COc1ccc(S(N)(=O)=O)cc1C(=O)Nc1ccc2c(c1)OCCO2. The van der Waals surface area contributed by atoms with E-state index in [1.807, 2.05) is 0 Å². The van der Waals surface area contributed by atoms with Crippen LogP contribution in [-0.2, 0) is 10.0 Å². The minimum Gasteiger partial charge on any atom is -0.496 e. The number of amides is 1. The molecule has 9 heteroatoms. The summed E-state index contributed by atoms with van der Waals surface area (Å²) in [6.45, 7) is 0.894. The number of sulfonamides is 1. The van der Waals surface area contributed by atoms with Gasteiger partial charge in [0.15, 0.2) is 11.5 Å². The molecule has 1 heterocycles. The molecule has 132 valence electrons. The molecule has 0 bridgehead atoms. The fraction of sp³-hybridized carbons (Fsp3) is 0.188. The van der Waals surface area contributed by atoms with Crippen LogP contribution in [0, 0.1) is 0 Å². The average Bonchev–Trinajstić information content (AvgIpc) is 2.60. The number of primary sulfonamides is 1. The van der Waals surface area contributed by atoms with Crippen LogP contribution in [0.15, 0.2) is 41.3 Å². The van der Waals surface area contributed by atoms with Crippen LogP contribution >= 0.6 is 0 Å². The minimum atomic E-state index is -3.94. The summed E-state index contributed by atoms with van der Waals surface area (Å²) < 4.78 is 39.0. The number of ether oxygens (including phenoxy) is 3. The second-order valence-corrected chi connectivity index (χ2v) is 6.78. The average molecular weight is 364 g/mol. The third-order valence-electron chi connectivity index (χ3n) is 3.54. The van der Waals surface area contributed by atoms with Crippen molar-refractivity contribution in [2.24, 2.45) is 5.14 Å². The van der Waals surface area contributed by atoms with Crippen LogP contribution < -0.4 is 24.7 Å². The van der Waals surface area contributed by atoms with Gasteiger partial charge in [0.1, 0.15) is 19.0 Å². The summed E-state index contributed by atoms with van der Waals surface area (Å²) in [4.78, 5) is 12.4. The molecule has 0 radical (unpaired) electrons. The number of anilines is 1. The van der Waals surface area contributed by atoms with Gasteiger partial charge in [0.05, 0.1) is 17.6 Å². The van der Waals surface area contributed by atoms with E-state index in [9.17, 15) is 13.2 Å². The van der Waals surface area contributed by atoms with Crippen molar-refractivity contribution in [1.29, 1.82) is 0 Å². The van der Waals surface area contributed by atoms with Crippen LogP contribution in [0.5, 0.6) is 17.2 Å². The molecule has 0 atom stereocenters. The Kier molecular flexibility index (Phi) is 4.51. The zero-order valence-electron chi connectivity index (χ0n) is 13.3. The molecule has 3 N–H and O–H groups in total. The van der Waals surface area contributed by atoms with Crippen LogP contribution in [0.1, 0.15) is 10.4 Å². The van der Waals surface area contributed by atoms with Crippen molar-refractivity contribution in [1.82, 2.24) is 0 Å². The summed E-state index contributed by atoms with van der Waals surface area (Å²) in [6, 6.07) is 8.78. The smallest absolute Gasteiger partial charge is 0.259 e. The third kappa shape index (κ3) is 3.67. The Labute approximate surface area is 144 Å². The highest BCUT2D eigenvalue weighted by Gasteiger charge is 2.19. The van der Waals surface area contributed by atoms with E-state index >= 15 is 0 Å². The summed E-state index contributed by atoms with van der Waals surface area (Å²) in [5, 5.41) is 7.79. The van der Waals surface area contributed by atoms with Gasteiger partial charge >= 0.3 is 0 Å². The van der Waals surface area contributed by atoms with E-state index in [0.717, 1.165) is 0 Å². The minimum absolute atomic E-state index is 0.0453. The molecule has 0 saturated carbocycles. The fourth-order valence-corrected chi connectivity index (χ4v) is 2.90. The van der Waals surface area contributed by atoms with Crippen LogP contribution in [0.4, 0.5) is 5.69 Å². The number of nitrogens with two attached hydrogens (primary N) is 1. The number of fused-ring (bicyclic) bond motifs is 1. The molecule has 1 aliphatic rings. The van der Waals surface area contributed by atoms with Gasteiger partial charge < -0.3 is 19.5 Å². The highest BCUT2D eigenvalue weighted by atomic mass is 32.2. The van der Waals surface area contributed by atoms with Crippen molar-refractivity contribution in [2.45, 2.75) is 4.90 Å². The zero-order valence-corrected chi connectivity index (χ0v) is 14.1. The monoisotopic (exact) mass is 364 g/mol. The second kappa shape index (κ2) is 6.61.